The molecule has 2 aromatic carbocycles. The standard InChI is InChI=1S/C17H16Br2N2O3S/c1-23-8-9-24-15-7-6-11(18)10-12(15)16(22)21-17(25)20-14-5-3-2-4-13(14)19/h2-7,10H,8-9H2,1H3,(H2,20,21,22,25). The number of para-hydroxylation sites is 1. The van der Waals surface area contributed by atoms with E-state index in [0.717, 1.165) is 14.6 Å². The lowest BCUT2D eigenvalue weighted by molar-refractivity contribution is 0.0969. The quantitative estimate of drug-likeness (QED) is 0.468. The zero-order valence-electron chi connectivity index (χ0n) is 13.3. The molecule has 0 heterocycles. The number of ether oxygens (including phenoxy) is 2. The third-order valence-electron chi connectivity index (χ3n) is 3.08. The Morgan fingerprint density at radius 1 is 1.16 bits per heavy atom. The van der Waals surface area contributed by atoms with Crippen molar-refractivity contribution < 1.29 is 14.3 Å². The molecule has 25 heavy (non-hydrogen) atoms. The topological polar surface area (TPSA) is 59.6 Å². The van der Waals surface area contributed by atoms with Gasteiger partial charge in [-0.3, -0.25) is 10.1 Å². The Labute approximate surface area is 168 Å². The Kier molecular flexibility index (Phi) is 7.83. The van der Waals surface area contributed by atoms with Gasteiger partial charge < -0.3 is 14.8 Å². The Hall–Kier alpha value is -1.48. The van der Waals surface area contributed by atoms with Crippen LogP contribution in [0.1, 0.15) is 10.4 Å². The van der Waals surface area contributed by atoms with E-state index in [0.29, 0.717) is 24.5 Å². The summed E-state index contributed by atoms with van der Waals surface area (Å²) in [7, 11) is 1.59. The number of thiocarbonyl (C=S) groups is 1. The number of halogens is 2. The summed E-state index contributed by atoms with van der Waals surface area (Å²) >= 11 is 12.0. The highest BCUT2D eigenvalue weighted by molar-refractivity contribution is 9.10. The lowest BCUT2D eigenvalue weighted by atomic mass is 10.2. The average Bonchev–Trinajstić information content (AvgIpc) is 2.58. The van der Waals surface area contributed by atoms with Crippen molar-refractivity contribution in [2.75, 3.05) is 25.6 Å². The second-order valence-corrected chi connectivity index (χ2v) is 7.05. The summed E-state index contributed by atoms with van der Waals surface area (Å²) in [4.78, 5) is 12.6. The largest absolute Gasteiger partial charge is 0.490 e. The number of benzene rings is 2. The molecule has 0 radical (unpaired) electrons. The van der Waals surface area contributed by atoms with Crippen LogP contribution in [0.4, 0.5) is 5.69 Å². The Morgan fingerprint density at radius 2 is 1.92 bits per heavy atom. The molecule has 2 aromatic rings. The second-order valence-electron chi connectivity index (χ2n) is 4.87. The summed E-state index contributed by atoms with van der Waals surface area (Å²) in [5.41, 5.74) is 1.14. The molecule has 0 aromatic heterocycles. The molecule has 0 aliphatic heterocycles. The smallest absolute Gasteiger partial charge is 0.261 e. The number of hydrogen-bond donors (Lipinski definition) is 2. The lowest BCUT2D eigenvalue weighted by Crippen LogP contribution is -2.34. The molecule has 0 fully saturated rings. The van der Waals surface area contributed by atoms with Gasteiger partial charge in [0.1, 0.15) is 12.4 Å². The first-order chi connectivity index (χ1) is 12.0. The summed E-state index contributed by atoms with van der Waals surface area (Å²) in [5.74, 6) is 0.0970. The minimum Gasteiger partial charge on any atom is -0.490 e. The van der Waals surface area contributed by atoms with E-state index in [9.17, 15) is 4.79 Å². The first-order valence-corrected chi connectivity index (χ1v) is 9.29. The van der Waals surface area contributed by atoms with Crippen LogP contribution in [-0.2, 0) is 4.74 Å². The molecular formula is C17H16Br2N2O3S. The molecule has 2 N–H and O–H groups in total. The van der Waals surface area contributed by atoms with E-state index in [1.165, 1.54) is 0 Å². The van der Waals surface area contributed by atoms with E-state index in [2.05, 4.69) is 42.5 Å². The van der Waals surface area contributed by atoms with Gasteiger partial charge in [0.2, 0.25) is 0 Å². The van der Waals surface area contributed by atoms with Gasteiger partial charge in [0.25, 0.3) is 5.91 Å². The fraction of sp³-hybridized carbons (Fsp3) is 0.176. The van der Waals surface area contributed by atoms with Gasteiger partial charge in [0.15, 0.2) is 5.11 Å². The highest BCUT2D eigenvalue weighted by atomic mass is 79.9. The first kappa shape index (κ1) is 19.8. The summed E-state index contributed by atoms with van der Waals surface area (Å²) in [6.07, 6.45) is 0. The van der Waals surface area contributed by atoms with E-state index in [1.807, 2.05) is 24.3 Å². The van der Waals surface area contributed by atoms with E-state index >= 15 is 0 Å². The molecule has 0 atom stereocenters. The van der Waals surface area contributed by atoms with Crippen LogP contribution < -0.4 is 15.4 Å². The van der Waals surface area contributed by atoms with Crippen LogP contribution in [0.25, 0.3) is 0 Å². The fourth-order valence-corrected chi connectivity index (χ4v) is 2.87. The van der Waals surface area contributed by atoms with Gasteiger partial charge in [-0.25, -0.2) is 0 Å². The predicted octanol–water partition coefficient (Wildman–Crippen LogP) is 4.36. The maximum absolute atomic E-state index is 12.6. The number of amides is 1. The maximum atomic E-state index is 12.6. The number of rotatable bonds is 6. The van der Waals surface area contributed by atoms with Gasteiger partial charge in [-0.1, -0.05) is 28.1 Å². The molecule has 0 aliphatic carbocycles. The molecule has 2 rings (SSSR count). The SMILES string of the molecule is COCCOc1ccc(Br)cc1C(=O)NC(=S)Nc1ccccc1Br. The second kappa shape index (κ2) is 9.86. The number of methoxy groups -OCH3 is 1. The Morgan fingerprint density at radius 3 is 2.64 bits per heavy atom. The van der Waals surface area contributed by atoms with Crippen molar-refractivity contribution in [1.82, 2.24) is 5.32 Å². The van der Waals surface area contributed by atoms with Crippen molar-refractivity contribution in [2.45, 2.75) is 0 Å². The number of hydrogen-bond acceptors (Lipinski definition) is 4. The molecule has 0 saturated heterocycles. The van der Waals surface area contributed by atoms with Crippen LogP contribution in [0.3, 0.4) is 0 Å². The number of anilines is 1. The normalized spacial score (nSPS) is 10.2. The van der Waals surface area contributed by atoms with E-state index in [-0.39, 0.29) is 11.0 Å². The van der Waals surface area contributed by atoms with Crippen LogP contribution in [-0.4, -0.2) is 31.3 Å². The predicted molar refractivity (Wildman–Crippen MR) is 109 cm³/mol. The molecule has 5 nitrogen and oxygen atoms in total. The van der Waals surface area contributed by atoms with Crippen molar-refractivity contribution in [3.8, 4) is 5.75 Å². The van der Waals surface area contributed by atoms with E-state index in [4.69, 9.17) is 21.7 Å². The summed E-state index contributed by atoms with van der Waals surface area (Å²) in [5, 5.41) is 5.83. The van der Waals surface area contributed by atoms with E-state index in [1.54, 1.807) is 25.3 Å². The van der Waals surface area contributed by atoms with Crippen LogP contribution in [0.2, 0.25) is 0 Å². The van der Waals surface area contributed by atoms with E-state index < -0.39 is 0 Å². The average molecular weight is 488 g/mol. The monoisotopic (exact) mass is 486 g/mol. The Balaban J connectivity index is 2.07. The van der Waals surface area contributed by atoms with Crippen molar-refractivity contribution in [3.05, 3.63) is 57.0 Å². The first-order valence-electron chi connectivity index (χ1n) is 7.29. The third-order valence-corrected chi connectivity index (χ3v) is 4.47. The molecule has 0 aliphatic rings. The van der Waals surface area contributed by atoms with Gasteiger partial charge in [0, 0.05) is 16.1 Å². The summed E-state index contributed by atoms with van der Waals surface area (Å²) < 4.78 is 12.2. The minimum absolute atomic E-state index is 0.194. The highest BCUT2D eigenvalue weighted by Gasteiger charge is 2.15. The minimum atomic E-state index is -0.363. The van der Waals surface area contributed by atoms with Gasteiger partial charge in [0.05, 0.1) is 17.9 Å². The van der Waals surface area contributed by atoms with Crippen molar-refractivity contribution in [1.29, 1.82) is 0 Å². The van der Waals surface area contributed by atoms with Crippen molar-refractivity contribution >= 4 is 60.8 Å². The third kappa shape index (κ3) is 6.07. The van der Waals surface area contributed by atoms with Crippen LogP contribution in [0.5, 0.6) is 5.75 Å². The highest BCUT2D eigenvalue weighted by Crippen LogP contribution is 2.24. The molecule has 1 amide bonds. The van der Waals surface area contributed by atoms with Gasteiger partial charge >= 0.3 is 0 Å². The number of nitrogens with one attached hydrogen (secondary N) is 2. The van der Waals surface area contributed by atoms with Gasteiger partial charge in [-0.2, -0.15) is 0 Å². The van der Waals surface area contributed by atoms with Crippen LogP contribution >= 0.6 is 44.1 Å². The summed E-state index contributed by atoms with van der Waals surface area (Å²) in [6.45, 7) is 0.775. The Bertz CT molecular complexity index is 771. The van der Waals surface area contributed by atoms with Crippen LogP contribution in [0.15, 0.2) is 51.4 Å². The molecule has 8 heteroatoms. The van der Waals surface area contributed by atoms with Gasteiger partial charge in [-0.05, 0) is 58.5 Å². The lowest BCUT2D eigenvalue weighted by Gasteiger charge is -2.14. The number of carbonyl (C=O) groups is 1. The number of carbonyl (C=O) groups excluding carboxylic acids is 1. The van der Waals surface area contributed by atoms with Crippen molar-refractivity contribution in [3.63, 3.8) is 0 Å². The van der Waals surface area contributed by atoms with Crippen molar-refractivity contribution in [2.24, 2.45) is 0 Å². The zero-order valence-corrected chi connectivity index (χ0v) is 17.3. The molecular weight excluding hydrogens is 472 g/mol. The molecule has 132 valence electrons. The maximum Gasteiger partial charge on any atom is 0.261 e. The van der Waals surface area contributed by atoms with Gasteiger partial charge in [-0.15, -0.1) is 0 Å². The molecule has 0 saturated carbocycles. The molecule has 0 spiro atoms. The summed E-state index contributed by atoms with van der Waals surface area (Å²) in [6, 6.07) is 12.7. The fourth-order valence-electron chi connectivity index (χ4n) is 1.93. The van der Waals surface area contributed by atoms with Crippen LogP contribution in [0, 0.1) is 0 Å². The zero-order chi connectivity index (χ0) is 18.2. The molecule has 0 bridgehead atoms. The molecule has 0 unspecified atom stereocenters.